The maximum atomic E-state index is 2.46. The lowest BCUT2D eigenvalue weighted by Crippen LogP contribution is -2.50. The Labute approximate surface area is 125 Å². The van der Waals surface area contributed by atoms with E-state index in [9.17, 15) is 0 Å². The standard InChI is InChI=1S/C18H13B2N/c1-3-10-16-12(6-1)19-14-8-5-9-15-18(14)21(16)17-11-4-2-7-13(17)20-15/h1-11,19-20H. The van der Waals surface area contributed by atoms with Crippen LogP contribution in [0.15, 0.2) is 66.7 Å². The molecule has 1 nitrogen and oxygen atoms in total. The van der Waals surface area contributed by atoms with Crippen LogP contribution in [-0.4, -0.2) is 14.6 Å². The summed E-state index contributed by atoms with van der Waals surface area (Å²) in [6.07, 6.45) is 0. The number of hydrogen-bond acceptors (Lipinski definition) is 1. The first-order chi connectivity index (χ1) is 10.4. The van der Waals surface area contributed by atoms with Gasteiger partial charge in [-0.1, -0.05) is 76.4 Å². The molecule has 0 fully saturated rings. The van der Waals surface area contributed by atoms with Crippen LogP contribution >= 0.6 is 0 Å². The minimum absolute atomic E-state index is 1.04. The van der Waals surface area contributed by atoms with Gasteiger partial charge in [0.25, 0.3) is 0 Å². The Kier molecular flexibility index (Phi) is 2.17. The fraction of sp³-hybridized carbons (Fsp3) is 0. The Bertz CT molecular complexity index is 805. The summed E-state index contributed by atoms with van der Waals surface area (Å²) in [4.78, 5) is 2.46. The number of nitrogens with zero attached hydrogens (tertiary/aromatic N) is 1. The summed E-state index contributed by atoms with van der Waals surface area (Å²) in [6.45, 7) is 0. The van der Waals surface area contributed by atoms with Crippen molar-refractivity contribution in [1.82, 2.24) is 0 Å². The van der Waals surface area contributed by atoms with Crippen molar-refractivity contribution in [2.75, 3.05) is 4.90 Å². The highest BCUT2D eigenvalue weighted by Crippen LogP contribution is 2.34. The van der Waals surface area contributed by atoms with E-state index in [4.69, 9.17) is 0 Å². The van der Waals surface area contributed by atoms with Crippen molar-refractivity contribution in [1.29, 1.82) is 0 Å². The predicted octanol–water partition coefficient (Wildman–Crippen LogP) is 0.558. The van der Waals surface area contributed by atoms with E-state index < -0.39 is 0 Å². The Morgan fingerprint density at radius 3 is 1.57 bits per heavy atom. The fourth-order valence-electron chi connectivity index (χ4n) is 3.75. The third-order valence-electron chi connectivity index (χ3n) is 4.65. The molecule has 3 aromatic carbocycles. The summed E-state index contributed by atoms with van der Waals surface area (Å²) in [5.41, 5.74) is 9.81. The zero-order valence-corrected chi connectivity index (χ0v) is 11.7. The smallest absolute Gasteiger partial charge is 0.197 e. The quantitative estimate of drug-likeness (QED) is 0.370. The monoisotopic (exact) mass is 265 g/mol. The highest BCUT2D eigenvalue weighted by Gasteiger charge is 2.31. The summed E-state index contributed by atoms with van der Waals surface area (Å²) in [6, 6.07) is 24.3. The molecule has 2 heterocycles. The normalized spacial score (nSPS) is 13.4. The van der Waals surface area contributed by atoms with Crippen molar-refractivity contribution in [3.8, 4) is 0 Å². The molecule has 5 rings (SSSR count). The van der Waals surface area contributed by atoms with E-state index >= 15 is 0 Å². The molecule has 0 aromatic heterocycles. The van der Waals surface area contributed by atoms with Crippen molar-refractivity contribution in [3.05, 3.63) is 66.7 Å². The molecule has 0 saturated carbocycles. The van der Waals surface area contributed by atoms with Gasteiger partial charge in [-0.05, 0) is 12.1 Å². The molecule has 2 aliphatic heterocycles. The second-order valence-electron chi connectivity index (χ2n) is 5.87. The summed E-state index contributed by atoms with van der Waals surface area (Å²) < 4.78 is 0. The fourth-order valence-corrected chi connectivity index (χ4v) is 3.75. The highest BCUT2D eigenvalue weighted by atomic mass is 15.2. The van der Waals surface area contributed by atoms with E-state index in [2.05, 4.69) is 71.6 Å². The van der Waals surface area contributed by atoms with Crippen LogP contribution in [0.4, 0.5) is 17.1 Å². The van der Waals surface area contributed by atoms with Gasteiger partial charge in [0.15, 0.2) is 14.6 Å². The molecule has 21 heavy (non-hydrogen) atoms. The minimum Gasteiger partial charge on any atom is -0.313 e. The van der Waals surface area contributed by atoms with Crippen LogP contribution in [-0.2, 0) is 0 Å². The average Bonchev–Trinajstić information content (AvgIpc) is 2.54. The third kappa shape index (κ3) is 1.49. The second kappa shape index (κ2) is 4.05. The molecular weight excluding hydrogens is 252 g/mol. The van der Waals surface area contributed by atoms with Gasteiger partial charge in [0.1, 0.15) is 0 Å². The van der Waals surface area contributed by atoms with Crippen molar-refractivity contribution < 1.29 is 0 Å². The van der Waals surface area contributed by atoms with Gasteiger partial charge in [-0.25, -0.2) is 0 Å². The Morgan fingerprint density at radius 2 is 1.00 bits per heavy atom. The maximum absolute atomic E-state index is 2.46. The molecule has 0 radical (unpaired) electrons. The number of para-hydroxylation sites is 3. The largest absolute Gasteiger partial charge is 0.313 e. The Hall–Kier alpha value is -2.41. The number of benzene rings is 3. The van der Waals surface area contributed by atoms with Crippen LogP contribution in [0.5, 0.6) is 0 Å². The molecule has 0 atom stereocenters. The van der Waals surface area contributed by atoms with Gasteiger partial charge in [0.2, 0.25) is 0 Å². The zero-order valence-electron chi connectivity index (χ0n) is 11.7. The van der Waals surface area contributed by atoms with Gasteiger partial charge in [0, 0.05) is 17.1 Å². The first-order valence-corrected chi connectivity index (χ1v) is 7.48. The van der Waals surface area contributed by atoms with Crippen molar-refractivity contribution in [2.24, 2.45) is 0 Å². The maximum Gasteiger partial charge on any atom is 0.197 e. The summed E-state index contributed by atoms with van der Waals surface area (Å²) >= 11 is 0. The molecule has 96 valence electrons. The number of fused-ring (bicyclic) bond motifs is 4. The van der Waals surface area contributed by atoms with Gasteiger partial charge in [-0.15, -0.1) is 0 Å². The topological polar surface area (TPSA) is 3.24 Å². The lowest BCUT2D eigenvalue weighted by atomic mass is 9.53. The lowest BCUT2D eigenvalue weighted by Gasteiger charge is -2.39. The molecule has 0 saturated heterocycles. The van der Waals surface area contributed by atoms with Crippen molar-refractivity contribution >= 4 is 53.5 Å². The molecule has 3 heteroatoms. The molecule has 0 spiro atoms. The highest BCUT2D eigenvalue weighted by molar-refractivity contribution is 6.77. The van der Waals surface area contributed by atoms with Gasteiger partial charge in [0.05, 0.1) is 0 Å². The van der Waals surface area contributed by atoms with E-state index in [0.29, 0.717) is 0 Å². The van der Waals surface area contributed by atoms with Crippen LogP contribution in [0, 0.1) is 0 Å². The first kappa shape index (κ1) is 11.3. The number of rotatable bonds is 0. The van der Waals surface area contributed by atoms with Crippen LogP contribution in [0.3, 0.4) is 0 Å². The molecule has 0 aliphatic carbocycles. The number of hydrogen-bond donors (Lipinski definition) is 0. The van der Waals surface area contributed by atoms with Crippen molar-refractivity contribution in [2.45, 2.75) is 0 Å². The minimum atomic E-state index is 1.04. The molecule has 0 N–H and O–H groups in total. The summed E-state index contributed by atoms with van der Waals surface area (Å²) in [5.74, 6) is 0. The Balaban J connectivity index is 1.88. The molecular formula is C18H13B2N. The summed E-state index contributed by atoms with van der Waals surface area (Å²) in [7, 11) is 2.08. The second-order valence-corrected chi connectivity index (χ2v) is 5.87. The zero-order chi connectivity index (χ0) is 13.8. The van der Waals surface area contributed by atoms with E-state index in [0.717, 1.165) is 14.6 Å². The number of anilines is 3. The van der Waals surface area contributed by atoms with Crippen LogP contribution < -0.4 is 26.8 Å². The van der Waals surface area contributed by atoms with Crippen LogP contribution in [0.25, 0.3) is 0 Å². The van der Waals surface area contributed by atoms with E-state index in [-0.39, 0.29) is 0 Å². The van der Waals surface area contributed by atoms with Gasteiger partial charge < -0.3 is 4.90 Å². The van der Waals surface area contributed by atoms with Crippen LogP contribution in [0.1, 0.15) is 0 Å². The van der Waals surface area contributed by atoms with Crippen LogP contribution in [0.2, 0.25) is 0 Å². The molecule has 3 aromatic rings. The molecule has 2 aliphatic rings. The van der Waals surface area contributed by atoms with Gasteiger partial charge in [-0.3, -0.25) is 0 Å². The predicted molar refractivity (Wildman–Crippen MR) is 94.0 cm³/mol. The van der Waals surface area contributed by atoms with Crippen molar-refractivity contribution in [3.63, 3.8) is 0 Å². The lowest BCUT2D eigenvalue weighted by molar-refractivity contribution is 1.31. The SMILES string of the molecule is B1c2ccccc2N2c3ccccc3Bc3cccc1c32. The third-order valence-corrected chi connectivity index (χ3v) is 4.65. The van der Waals surface area contributed by atoms with E-state index in [1.54, 1.807) is 0 Å². The Morgan fingerprint density at radius 1 is 0.524 bits per heavy atom. The van der Waals surface area contributed by atoms with Gasteiger partial charge in [-0.2, -0.15) is 0 Å². The average molecular weight is 265 g/mol. The molecule has 0 unspecified atom stereocenters. The first-order valence-electron chi connectivity index (χ1n) is 7.48. The van der Waals surface area contributed by atoms with Gasteiger partial charge >= 0.3 is 0 Å². The summed E-state index contributed by atoms with van der Waals surface area (Å²) in [5, 5.41) is 0. The van der Waals surface area contributed by atoms with E-state index in [1.807, 2.05) is 0 Å². The van der Waals surface area contributed by atoms with E-state index in [1.165, 1.54) is 38.9 Å². The molecule has 0 bridgehead atoms. The molecule has 0 amide bonds.